The summed E-state index contributed by atoms with van der Waals surface area (Å²) in [6.45, 7) is 4.01. The van der Waals surface area contributed by atoms with Crippen LogP contribution in [0, 0.1) is 6.92 Å². The third-order valence-corrected chi connectivity index (χ3v) is 5.58. The number of benzene rings is 3. The van der Waals surface area contributed by atoms with Crippen LogP contribution in [0.25, 0.3) is 0 Å². The van der Waals surface area contributed by atoms with Crippen LogP contribution >= 0.6 is 0 Å². The van der Waals surface area contributed by atoms with E-state index in [2.05, 4.69) is 0 Å². The molecule has 0 radical (unpaired) electrons. The largest absolute Gasteiger partial charge is 0.483 e. The van der Waals surface area contributed by atoms with E-state index in [1.165, 1.54) is 6.07 Å². The van der Waals surface area contributed by atoms with Gasteiger partial charge in [-0.1, -0.05) is 42.5 Å². The molecule has 0 unspecified atom stereocenters. The standard InChI is InChI=1S/C26H25NO6/c1-17-8-10-21(26(29)30)23(12-17)31-15-25(28)27(18(2)20-6-4-3-5-7-20)14-19-9-11-22-24(13-19)33-16-32-22/h3-13,18H,14-16H2,1-2H3,(H,29,30)/t18-/m0/s1. The highest BCUT2D eigenvalue weighted by atomic mass is 16.7. The second-order valence-corrected chi connectivity index (χ2v) is 7.89. The van der Waals surface area contributed by atoms with Gasteiger partial charge in [0.2, 0.25) is 6.79 Å². The van der Waals surface area contributed by atoms with E-state index >= 15 is 0 Å². The Balaban J connectivity index is 1.57. The highest BCUT2D eigenvalue weighted by Gasteiger charge is 2.24. The van der Waals surface area contributed by atoms with Crippen LogP contribution in [0.1, 0.15) is 40.0 Å². The lowest BCUT2D eigenvalue weighted by Crippen LogP contribution is -2.36. The van der Waals surface area contributed by atoms with Gasteiger partial charge in [0.1, 0.15) is 11.3 Å². The first-order valence-corrected chi connectivity index (χ1v) is 10.6. The van der Waals surface area contributed by atoms with Crippen molar-refractivity contribution in [1.29, 1.82) is 0 Å². The van der Waals surface area contributed by atoms with Crippen molar-refractivity contribution in [2.45, 2.75) is 26.4 Å². The maximum atomic E-state index is 13.3. The van der Waals surface area contributed by atoms with E-state index in [9.17, 15) is 14.7 Å². The second-order valence-electron chi connectivity index (χ2n) is 7.89. The third kappa shape index (κ3) is 5.09. The number of carboxylic acids is 1. The number of carbonyl (C=O) groups is 2. The van der Waals surface area contributed by atoms with Crippen molar-refractivity contribution in [1.82, 2.24) is 4.90 Å². The summed E-state index contributed by atoms with van der Waals surface area (Å²) >= 11 is 0. The monoisotopic (exact) mass is 447 g/mol. The summed E-state index contributed by atoms with van der Waals surface area (Å²) in [6.07, 6.45) is 0. The van der Waals surface area contributed by atoms with E-state index in [4.69, 9.17) is 14.2 Å². The molecule has 0 saturated heterocycles. The SMILES string of the molecule is Cc1ccc(C(=O)O)c(OCC(=O)N(Cc2ccc3c(c2)OCO3)[C@@H](C)c2ccccc2)c1. The Morgan fingerprint density at radius 3 is 2.55 bits per heavy atom. The summed E-state index contributed by atoms with van der Waals surface area (Å²) < 4.78 is 16.6. The van der Waals surface area contributed by atoms with Crippen molar-refractivity contribution in [2.24, 2.45) is 0 Å². The minimum atomic E-state index is -1.10. The van der Waals surface area contributed by atoms with Crippen LogP contribution in [0.3, 0.4) is 0 Å². The molecular formula is C26H25NO6. The number of hydrogen-bond acceptors (Lipinski definition) is 5. The van der Waals surface area contributed by atoms with Crippen LogP contribution in [0.5, 0.6) is 17.2 Å². The van der Waals surface area contributed by atoms with E-state index in [0.717, 1.165) is 16.7 Å². The van der Waals surface area contributed by atoms with Crippen molar-refractivity contribution in [3.05, 3.63) is 89.0 Å². The molecule has 7 nitrogen and oxygen atoms in total. The number of ether oxygens (including phenoxy) is 3. The molecular weight excluding hydrogens is 422 g/mol. The Hall–Kier alpha value is -4.00. The van der Waals surface area contributed by atoms with E-state index in [1.807, 2.05) is 62.4 Å². The minimum absolute atomic E-state index is 0.0202. The molecule has 1 aliphatic heterocycles. The molecule has 0 bridgehead atoms. The molecule has 0 saturated carbocycles. The number of fused-ring (bicyclic) bond motifs is 1. The topological polar surface area (TPSA) is 85.3 Å². The number of carboxylic acid groups (broad SMARTS) is 1. The predicted octanol–water partition coefficient (Wildman–Crippen LogP) is 4.59. The number of aryl methyl sites for hydroxylation is 1. The molecule has 0 aromatic heterocycles. The fourth-order valence-electron chi connectivity index (χ4n) is 3.74. The normalized spacial score (nSPS) is 12.8. The van der Waals surface area contributed by atoms with E-state index in [0.29, 0.717) is 18.0 Å². The molecule has 0 aliphatic carbocycles. The number of hydrogen-bond donors (Lipinski definition) is 1. The van der Waals surface area contributed by atoms with E-state index in [-0.39, 0.29) is 36.7 Å². The Kier molecular flexibility index (Phi) is 6.49. The molecule has 7 heteroatoms. The maximum Gasteiger partial charge on any atom is 0.339 e. The fraction of sp³-hybridized carbons (Fsp3) is 0.231. The number of aromatic carboxylic acids is 1. The molecule has 33 heavy (non-hydrogen) atoms. The zero-order valence-electron chi connectivity index (χ0n) is 18.5. The van der Waals surface area contributed by atoms with Crippen LogP contribution in [0.4, 0.5) is 0 Å². The Labute approximate surface area is 192 Å². The van der Waals surface area contributed by atoms with Crippen LogP contribution < -0.4 is 14.2 Å². The van der Waals surface area contributed by atoms with Crippen molar-refractivity contribution < 1.29 is 28.9 Å². The average Bonchev–Trinajstić information content (AvgIpc) is 3.29. The lowest BCUT2D eigenvalue weighted by molar-refractivity contribution is -0.136. The number of amides is 1. The molecule has 1 aliphatic rings. The van der Waals surface area contributed by atoms with Gasteiger partial charge in [0.25, 0.3) is 5.91 Å². The zero-order chi connectivity index (χ0) is 23.4. The predicted molar refractivity (Wildman–Crippen MR) is 122 cm³/mol. The van der Waals surface area contributed by atoms with Gasteiger partial charge >= 0.3 is 5.97 Å². The molecule has 0 spiro atoms. The van der Waals surface area contributed by atoms with Crippen molar-refractivity contribution in [3.8, 4) is 17.2 Å². The summed E-state index contributed by atoms with van der Waals surface area (Å²) in [4.78, 5) is 26.6. The third-order valence-electron chi connectivity index (χ3n) is 5.58. The first kappa shape index (κ1) is 22.2. The molecule has 1 amide bonds. The van der Waals surface area contributed by atoms with Gasteiger partial charge in [-0.2, -0.15) is 0 Å². The van der Waals surface area contributed by atoms with Gasteiger partial charge in [-0.15, -0.1) is 0 Å². The fourth-order valence-corrected chi connectivity index (χ4v) is 3.74. The Bertz CT molecular complexity index is 1160. The quantitative estimate of drug-likeness (QED) is 0.544. The molecule has 1 heterocycles. The van der Waals surface area contributed by atoms with Gasteiger partial charge in [0.15, 0.2) is 18.1 Å². The summed E-state index contributed by atoms with van der Waals surface area (Å²) in [7, 11) is 0. The molecule has 1 N–H and O–H groups in total. The van der Waals surface area contributed by atoms with Crippen molar-refractivity contribution in [2.75, 3.05) is 13.4 Å². The summed E-state index contributed by atoms with van der Waals surface area (Å²) in [6, 6.07) is 19.9. The van der Waals surface area contributed by atoms with Crippen LogP contribution in [-0.4, -0.2) is 35.3 Å². The molecule has 3 aromatic carbocycles. The Morgan fingerprint density at radius 2 is 1.79 bits per heavy atom. The summed E-state index contributed by atoms with van der Waals surface area (Å²) in [5.74, 6) is 0.131. The Morgan fingerprint density at radius 1 is 1.03 bits per heavy atom. The number of rotatable bonds is 8. The highest BCUT2D eigenvalue weighted by molar-refractivity contribution is 5.91. The van der Waals surface area contributed by atoms with Crippen LogP contribution in [0.2, 0.25) is 0 Å². The van der Waals surface area contributed by atoms with Crippen LogP contribution in [0.15, 0.2) is 66.7 Å². The van der Waals surface area contributed by atoms with Gasteiger partial charge in [0.05, 0.1) is 6.04 Å². The van der Waals surface area contributed by atoms with Crippen molar-refractivity contribution >= 4 is 11.9 Å². The van der Waals surface area contributed by atoms with Gasteiger partial charge in [0, 0.05) is 6.54 Å². The number of nitrogens with zero attached hydrogens (tertiary/aromatic N) is 1. The number of carbonyl (C=O) groups excluding carboxylic acids is 1. The summed E-state index contributed by atoms with van der Waals surface area (Å²) in [5.41, 5.74) is 2.73. The maximum absolute atomic E-state index is 13.3. The minimum Gasteiger partial charge on any atom is -0.483 e. The van der Waals surface area contributed by atoms with Crippen LogP contribution in [-0.2, 0) is 11.3 Å². The highest BCUT2D eigenvalue weighted by Crippen LogP contribution is 2.33. The van der Waals surface area contributed by atoms with E-state index < -0.39 is 5.97 Å². The molecule has 170 valence electrons. The van der Waals surface area contributed by atoms with Gasteiger partial charge < -0.3 is 24.2 Å². The second kappa shape index (κ2) is 9.65. The first-order valence-electron chi connectivity index (χ1n) is 10.6. The zero-order valence-corrected chi connectivity index (χ0v) is 18.5. The molecule has 3 aromatic rings. The lowest BCUT2D eigenvalue weighted by atomic mass is 10.1. The van der Waals surface area contributed by atoms with Gasteiger partial charge in [-0.3, -0.25) is 4.79 Å². The summed E-state index contributed by atoms with van der Waals surface area (Å²) in [5, 5.41) is 9.44. The van der Waals surface area contributed by atoms with E-state index in [1.54, 1.807) is 17.0 Å². The average molecular weight is 447 g/mol. The van der Waals surface area contributed by atoms with Gasteiger partial charge in [-0.25, -0.2) is 4.79 Å². The molecule has 0 fully saturated rings. The lowest BCUT2D eigenvalue weighted by Gasteiger charge is -2.30. The van der Waals surface area contributed by atoms with Crippen molar-refractivity contribution in [3.63, 3.8) is 0 Å². The smallest absolute Gasteiger partial charge is 0.339 e. The molecule has 1 atom stereocenters. The first-order chi connectivity index (χ1) is 15.9. The molecule has 4 rings (SSSR count). The van der Waals surface area contributed by atoms with Gasteiger partial charge in [-0.05, 0) is 54.8 Å².